The number of hydrogen-bond acceptors (Lipinski definition) is 4. The second-order valence-corrected chi connectivity index (χ2v) is 7.81. The first kappa shape index (κ1) is 17.1. The normalized spacial score (nSPS) is 17.2. The van der Waals surface area contributed by atoms with Crippen molar-refractivity contribution in [2.75, 3.05) is 32.7 Å². The van der Waals surface area contributed by atoms with E-state index in [0.717, 1.165) is 25.0 Å². The van der Waals surface area contributed by atoms with Crippen LogP contribution in [0.25, 0.3) is 0 Å². The first-order valence-corrected chi connectivity index (χ1v) is 9.36. The highest BCUT2D eigenvalue weighted by Gasteiger charge is 2.28. The van der Waals surface area contributed by atoms with Gasteiger partial charge in [-0.05, 0) is 25.1 Å². The van der Waals surface area contributed by atoms with E-state index < -0.39 is 15.8 Å². The number of halogens is 1. The fraction of sp³-hybridized carbons (Fsp3) is 0.438. The number of sulfonamides is 1. The van der Waals surface area contributed by atoms with Gasteiger partial charge < -0.3 is 4.57 Å². The summed E-state index contributed by atoms with van der Waals surface area (Å²) in [5, 5.41) is 0. The maximum absolute atomic E-state index is 13.3. The van der Waals surface area contributed by atoms with Crippen LogP contribution in [0.15, 0.2) is 41.6 Å². The van der Waals surface area contributed by atoms with Crippen LogP contribution in [0.1, 0.15) is 5.82 Å². The van der Waals surface area contributed by atoms with Gasteiger partial charge in [-0.1, -0.05) is 6.07 Å². The summed E-state index contributed by atoms with van der Waals surface area (Å²) in [7, 11) is -3.62. The number of aromatic nitrogens is 2. The number of nitrogens with zero attached hydrogens (tertiary/aromatic N) is 4. The smallest absolute Gasteiger partial charge is 0.243 e. The van der Waals surface area contributed by atoms with Crippen molar-refractivity contribution >= 4 is 10.0 Å². The zero-order valence-electron chi connectivity index (χ0n) is 13.6. The molecule has 1 aliphatic rings. The molecule has 6 nitrogen and oxygen atoms in total. The lowest BCUT2D eigenvalue weighted by molar-refractivity contribution is 0.182. The highest BCUT2D eigenvalue weighted by Crippen LogP contribution is 2.18. The molecule has 0 unspecified atom stereocenters. The Kier molecular flexibility index (Phi) is 4.98. The standard InChI is InChI=1S/C16H21FN4O2S/c1-14-18-5-6-20(14)10-7-19-8-11-21(12-9-19)24(22,23)16-4-2-3-15(17)13-16/h2-6,13H,7-12H2,1H3. The van der Waals surface area contributed by atoms with Crippen LogP contribution in [0.4, 0.5) is 4.39 Å². The number of hydrogen-bond donors (Lipinski definition) is 0. The maximum atomic E-state index is 13.3. The molecular formula is C16H21FN4O2S. The van der Waals surface area contributed by atoms with Crippen LogP contribution in [0.5, 0.6) is 0 Å². The van der Waals surface area contributed by atoms with Crippen molar-refractivity contribution in [3.8, 4) is 0 Å². The summed E-state index contributed by atoms with van der Waals surface area (Å²) in [5.41, 5.74) is 0. The number of piperazine rings is 1. The van der Waals surface area contributed by atoms with E-state index in [-0.39, 0.29) is 4.90 Å². The second-order valence-electron chi connectivity index (χ2n) is 5.87. The molecule has 130 valence electrons. The first-order valence-electron chi connectivity index (χ1n) is 7.92. The Morgan fingerprint density at radius 1 is 1.17 bits per heavy atom. The van der Waals surface area contributed by atoms with E-state index in [9.17, 15) is 12.8 Å². The zero-order chi connectivity index (χ0) is 17.2. The second kappa shape index (κ2) is 7.00. The molecule has 3 rings (SSSR count). The third-order valence-electron chi connectivity index (χ3n) is 4.35. The van der Waals surface area contributed by atoms with Crippen LogP contribution in [0.2, 0.25) is 0 Å². The molecule has 1 aliphatic heterocycles. The highest BCUT2D eigenvalue weighted by atomic mass is 32.2. The molecule has 0 spiro atoms. The van der Waals surface area contributed by atoms with Gasteiger partial charge in [0.1, 0.15) is 11.6 Å². The summed E-state index contributed by atoms with van der Waals surface area (Å²) >= 11 is 0. The molecule has 1 fully saturated rings. The third kappa shape index (κ3) is 3.66. The van der Waals surface area contributed by atoms with Gasteiger partial charge in [0.05, 0.1) is 4.90 Å². The molecular weight excluding hydrogens is 331 g/mol. The summed E-state index contributed by atoms with van der Waals surface area (Å²) in [6.45, 7) is 5.82. The molecule has 0 amide bonds. The van der Waals surface area contributed by atoms with Gasteiger partial charge in [0.25, 0.3) is 0 Å². The Balaban J connectivity index is 1.57. The van der Waals surface area contributed by atoms with Crippen molar-refractivity contribution in [2.24, 2.45) is 0 Å². The minimum atomic E-state index is -3.62. The molecule has 1 saturated heterocycles. The summed E-state index contributed by atoms with van der Waals surface area (Å²) in [4.78, 5) is 6.44. The topological polar surface area (TPSA) is 58.4 Å². The molecule has 8 heteroatoms. The van der Waals surface area contributed by atoms with Crippen molar-refractivity contribution in [1.82, 2.24) is 18.8 Å². The highest BCUT2D eigenvalue weighted by molar-refractivity contribution is 7.89. The molecule has 0 aliphatic carbocycles. The predicted molar refractivity (Wildman–Crippen MR) is 88.6 cm³/mol. The van der Waals surface area contributed by atoms with Gasteiger partial charge in [-0.25, -0.2) is 17.8 Å². The molecule has 0 radical (unpaired) electrons. The fourth-order valence-electron chi connectivity index (χ4n) is 2.86. The van der Waals surface area contributed by atoms with Gasteiger partial charge >= 0.3 is 0 Å². The SMILES string of the molecule is Cc1nccn1CCN1CCN(S(=O)(=O)c2cccc(F)c2)CC1. The predicted octanol–water partition coefficient (Wildman–Crippen LogP) is 1.34. The lowest BCUT2D eigenvalue weighted by atomic mass is 10.3. The van der Waals surface area contributed by atoms with Gasteiger partial charge in [-0.3, -0.25) is 4.90 Å². The van der Waals surface area contributed by atoms with E-state index in [4.69, 9.17) is 0 Å². The number of imidazole rings is 1. The third-order valence-corrected chi connectivity index (χ3v) is 6.24. The molecule has 1 aromatic heterocycles. The maximum Gasteiger partial charge on any atom is 0.243 e. The van der Waals surface area contributed by atoms with Crippen LogP contribution >= 0.6 is 0 Å². The summed E-state index contributed by atoms with van der Waals surface area (Å²) < 4.78 is 41.9. The van der Waals surface area contributed by atoms with Crippen molar-refractivity contribution in [1.29, 1.82) is 0 Å². The van der Waals surface area contributed by atoms with Gasteiger partial charge in [0, 0.05) is 51.7 Å². The Hall–Kier alpha value is -1.77. The van der Waals surface area contributed by atoms with Crippen LogP contribution < -0.4 is 0 Å². The van der Waals surface area contributed by atoms with Crippen molar-refractivity contribution < 1.29 is 12.8 Å². The van der Waals surface area contributed by atoms with E-state index in [1.807, 2.05) is 13.1 Å². The summed E-state index contributed by atoms with van der Waals surface area (Å²) in [6.07, 6.45) is 3.72. The van der Waals surface area contributed by atoms with Crippen LogP contribution in [0, 0.1) is 12.7 Å². The molecule has 0 N–H and O–H groups in total. The molecule has 2 heterocycles. The Morgan fingerprint density at radius 3 is 2.54 bits per heavy atom. The number of rotatable bonds is 5. The number of benzene rings is 1. The van der Waals surface area contributed by atoms with Gasteiger partial charge in [0.2, 0.25) is 10.0 Å². The quantitative estimate of drug-likeness (QED) is 0.815. The number of aryl methyl sites for hydroxylation is 1. The molecule has 0 bridgehead atoms. The van der Waals surface area contributed by atoms with Gasteiger partial charge in [-0.2, -0.15) is 4.31 Å². The van der Waals surface area contributed by atoms with E-state index in [2.05, 4.69) is 14.5 Å². The fourth-order valence-corrected chi connectivity index (χ4v) is 4.31. The van der Waals surface area contributed by atoms with Crippen molar-refractivity contribution in [3.05, 3.63) is 48.3 Å². The average Bonchev–Trinajstić information content (AvgIpc) is 2.98. The van der Waals surface area contributed by atoms with E-state index >= 15 is 0 Å². The van der Waals surface area contributed by atoms with Crippen molar-refractivity contribution in [2.45, 2.75) is 18.4 Å². The Labute approximate surface area is 141 Å². The largest absolute Gasteiger partial charge is 0.334 e. The van der Waals surface area contributed by atoms with E-state index in [1.165, 1.54) is 22.5 Å². The monoisotopic (exact) mass is 352 g/mol. The lowest BCUT2D eigenvalue weighted by Gasteiger charge is -2.34. The minimum absolute atomic E-state index is 0.0185. The first-order chi connectivity index (χ1) is 11.5. The zero-order valence-corrected chi connectivity index (χ0v) is 14.4. The van der Waals surface area contributed by atoms with Gasteiger partial charge in [-0.15, -0.1) is 0 Å². The summed E-state index contributed by atoms with van der Waals surface area (Å²) in [6, 6.07) is 5.18. The average molecular weight is 352 g/mol. The molecule has 24 heavy (non-hydrogen) atoms. The van der Waals surface area contributed by atoms with Crippen LogP contribution in [-0.4, -0.2) is 59.9 Å². The van der Waals surface area contributed by atoms with Crippen molar-refractivity contribution in [3.63, 3.8) is 0 Å². The van der Waals surface area contributed by atoms with E-state index in [0.29, 0.717) is 26.2 Å². The molecule has 0 saturated carbocycles. The Morgan fingerprint density at radius 2 is 1.92 bits per heavy atom. The molecule has 1 aromatic carbocycles. The van der Waals surface area contributed by atoms with E-state index in [1.54, 1.807) is 6.20 Å². The molecule has 2 aromatic rings. The Bertz CT molecular complexity index is 798. The molecule has 0 atom stereocenters. The van der Waals surface area contributed by atoms with Crippen LogP contribution in [-0.2, 0) is 16.6 Å². The minimum Gasteiger partial charge on any atom is -0.334 e. The van der Waals surface area contributed by atoms with Crippen LogP contribution in [0.3, 0.4) is 0 Å². The van der Waals surface area contributed by atoms with Gasteiger partial charge in [0.15, 0.2) is 0 Å². The summed E-state index contributed by atoms with van der Waals surface area (Å²) in [5.74, 6) is 0.438. The lowest BCUT2D eigenvalue weighted by Crippen LogP contribution is -2.49.